The summed E-state index contributed by atoms with van der Waals surface area (Å²) in [6.45, 7) is 0.276. The molecule has 0 rings (SSSR count). The van der Waals surface area contributed by atoms with Gasteiger partial charge >= 0.3 is 6.18 Å². The summed E-state index contributed by atoms with van der Waals surface area (Å²) < 4.78 is 33.8. The Bertz CT molecular complexity index is 80.4. The van der Waals surface area contributed by atoms with E-state index in [4.69, 9.17) is 10.2 Å². The average molecular weight is 143 g/mol. The molecule has 0 aromatic heterocycles. The van der Waals surface area contributed by atoms with Gasteiger partial charge in [-0.3, -0.25) is 0 Å². The molecule has 9 heavy (non-hydrogen) atoms. The zero-order valence-electron chi connectivity index (χ0n) is 4.39. The van der Waals surface area contributed by atoms with Crippen LogP contribution in [0.2, 0.25) is 0 Å². The molecule has 0 aromatic carbocycles. The normalized spacial score (nSPS) is 15.7. The molecule has 1 radical (unpaired) electrons. The van der Waals surface area contributed by atoms with Crippen LogP contribution in [-0.2, 0) is 0 Å². The number of rotatable bonds is 2. The van der Waals surface area contributed by atoms with E-state index in [-0.39, 0.29) is 6.61 Å². The Kier molecular flexibility index (Phi) is 2.93. The maximum Gasteiger partial charge on any atom is 0.414 e. The van der Waals surface area contributed by atoms with Gasteiger partial charge in [-0.15, -0.1) is 0 Å². The van der Waals surface area contributed by atoms with E-state index in [0.717, 1.165) is 0 Å². The van der Waals surface area contributed by atoms with Crippen molar-refractivity contribution < 1.29 is 23.4 Å². The predicted molar refractivity (Wildman–Crippen MR) is 22.9 cm³/mol. The second kappa shape index (κ2) is 3.03. The van der Waals surface area contributed by atoms with Crippen molar-refractivity contribution in [2.45, 2.75) is 18.7 Å². The van der Waals surface area contributed by atoms with Crippen LogP contribution in [-0.4, -0.2) is 22.5 Å². The Morgan fingerprint density at radius 1 is 1.44 bits per heavy atom. The van der Waals surface area contributed by atoms with Crippen LogP contribution >= 0.6 is 0 Å². The number of hydrogen-bond acceptors (Lipinski definition) is 2. The summed E-state index contributed by atoms with van der Waals surface area (Å²) in [6.07, 6.45) is -7.84. The molecule has 1 atom stereocenters. The maximum absolute atomic E-state index is 11.3. The molecule has 0 aliphatic heterocycles. The van der Waals surface area contributed by atoms with Crippen molar-refractivity contribution in [3.8, 4) is 0 Å². The van der Waals surface area contributed by atoms with E-state index < -0.39 is 18.7 Å². The first-order chi connectivity index (χ1) is 3.98. The second-order valence-corrected chi connectivity index (χ2v) is 1.48. The molecule has 0 aromatic rings. The fraction of sp³-hybridized carbons (Fsp3) is 0.750. The van der Waals surface area contributed by atoms with Crippen molar-refractivity contribution in [3.63, 3.8) is 0 Å². The quantitative estimate of drug-likeness (QED) is 0.601. The van der Waals surface area contributed by atoms with Crippen LogP contribution < -0.4 is 0 Å². The molecular weight excluding hydrogens is 137 g/mol. The van der Waals surface area contributed by atoms with Crippen molar-refractivity contribution >= 4 is 0 Å². The van der Waals surface area contributed by atoms with Gasteiger partial charge in [0, 0.05) is 6.42 Å². The van der Waals surface area contributed by atoms with Crippen LogP contribution in [0.1, 0.15) is 6.42 Å². The first kappa shape index (κ1) is 8.71. The highest BCUT2D eigenvalue weighted by atomic mass is 19.4. The molecular formula is C4H6F3O2. The number of hydrogen-bond donors (Lipinski definition) is 2. The Hall–Kier alpha value is -0.290. The van der Waals surface area contributed by atoms with E-state index in [2.05, 4.69) is 0 Å². The van der Waals surface area contributed by atoms with E-state index in [9.17, 15) is 13.2 Å². The highest BCUT2D eigenvalue weighted by Crippen LogP contribution is 2.22. The smallest absolute Gasteiger partial charge is 0.390 e. The largest absolute Gasteiger partial charge is 0.414 e. The fourth-order valence-electron chi connectivity index (χ4n) is 0.233. The van der Waals surface area contributed by atoms with Crippen molar-refractivity contribution in [1.29, 1.82) is 0 Å². The van der Waals surface area contributed by atoms with Gasteiger partial charge in [0.2, 0.25) is 0 Å². The standard InChI is InChI=1S/C4H6F3O2/c5-4(6,7)3(9)1-2-8/h2-3,8-9H,1H2. The van der Waals surface area contributed by atoms with Gasteiger partial charge < -0.3 is 10.2 Å². The predicted octanol–water partition coefficient (Wildman–Crippen LogP) is 0.834. The molecule has 0 amide bonds. The average Bonchev–Trinajstić information content (AvgIpc) is 1.64. The third-order valence-corrected chi connectivity index (χ3v) is 0.707. The van der Waals surface area contributed by atoms with Gasteiger partial charge in [0.05, 0.1) is 6.61 Å². The molecule has 0 aliphatic carbocycles. The summed E-state index contributed by atoms with van der Waals surface area (Å²) in [5, 5.41) is 15.9. The molecule has 2 nitrogen and oxygen atoms in total. The Labute approximate surface area is 49.9 Å². The van der Waals surface area contributed by atoms with Gasteiger partial charge in [0.25, 0.3) is 0 Å². The summed E-state index contributed by atoms with van der Waals surface area (Å²) in [7, 11) is 0. The lowest BCUT2D eigenvalue weighted by molar-refractivity contribution is -0.204. The van der Waals surface area contributed by atoms with E-state index >= 15 is 0 Å². The Morgan fingerprint density at radius 3 is 2.00 bits per heavy atom. The van der Waals surface area contributed by atoms with E-state index in [0.29, 0.717) is 0 Å². The highest BCUT2D eigenvalue weighted by molar-refractivity contribution is 4.67. The number of aliphatic hydroxyl groups is 2. The molecule has 0 saturated heterocycles. The SMILES string of the molecule is O[CH]CC(O)C(F)(F)F. The molecule has 0 bridgehead atoms. The van der Waals surface area contributed by atoms with Crippen LogP contribution in [0.4, 0.5) is 13.2 Å². The zero-order chi connectivity index (χ0) is 7.49. The summed E-state index contributed by atoms with van der Waals surface area (Å²) >= 11 is 0. The fourth-order valence-corrected chi connectivity index (χ4v) is 0.233. The van der Waals surface area contributed by atoms with Crippen molar-refractivity contribution in [1.82, 2.24) is 0 Å². The molecule has 0 saturated carbocycles. The topological polar surface area (TPSA) is 40.5 Å². The lowest BCUT2D eigenvalue weighted by Crippen LogP contribution is -2.28. The molecule has 5 heteroatoms. The molecule has 0 aliphatic rings. The third kappa shape index (κ3) is 3.31. The van der Waals surface area contributed by atoms with E-state index in [1.54, 1.807) is 0 Å². The zero-order valence-corrected chi connectivity index (χ0v) is 4.39. The Balaban J connectivity index is 3.59. The molecule has 55 valence electrons. The minimum Gasteiger partial charge on any atom is -0.390 e. The van der Waals surface area contributed by atoms with Crippen LogP contribution in [0.5, 0.6) is 0 Å². The Morgan fingerprint density at radius 2 is 1.89 bits per heavy atom. The summed E-state index contributed by atoms with van der Waals surface area (Å²) in [5.74, 6) is 0. The number of aliphatic hydroxyl groups excluding tert-OH is 2. The van der Waals surface area contributed by atoms with Gasteiger partial charge in [-0.1, -0.05) is 0 Å². The van der Waals surface area contributed by atoms with Crippen molar-refractivity contribution in [2.24, 2.45) is 0 Å². The van der Waals surface area contributed by atoms with Crippen molar-refractivity contribution in [2.75, 3.05) is 0 Å². The maximum atomic E-state index is 11.3. The molecule has 1 unspecified atom stereocenters. The first-order valence-electron chi connectivity index (χ1n) is 2.19. The summed E-state index contributed by atoms with van der Waals surface area (Å²) in [4.78, 5) is 0. The number of alkyl halides is 3. The van der Waals surface area contributed by atoms with Gasteiger partial charge in [0.1, 0.15) is 0 Å². The monoisotopic (exact) mass is 143 g/mol. The van der Waals surface area contributed by atoms with Crippen LogP contribution in [0.3, 0.4) is 0 Å². The van der Waals surface area contributed by atoms with Gasteiger partial charge in [-0.05, 0) is 0 Å². The van der Waals surface area contributed by atoms with Crippen LogP contribution in [0.25, 0.3) is 0 Å². The highest BCUT2D eigenvalue weighted by Gasteiger charge is 2.37. The third-order valence-electron chi connectivity index (χ3n) is 0.707. The van der Waals surface area contributed by atoms with E-state index in [1.807, 2.05) is 0 Å². The van der Waals surface area contributed by atoms with Gasteiger partial charge in [-0.25, -0.2) is 0 Å². The van der Waals surface area contributed by atoms with Gasteiger partial charge in [-0.2, -0.15) is 13.2 Å². The minimum absolute atomic E-state index is 0.276. The molecule has 0 spiro atoms. The lowest BCUT2D eigenvalue weighted by atomic mass is 10.2. The number of halogens is 3. The lowest BCUT2D eigenvalue weighted by Gasteiger charge is -2.11. The summed E-state index contributed by atoms with van der Waals surface area (Å²) in [5.41, 5.74) is 0. The molecule has 0 heterocycles. The first-order valence-corrected chi connectivity index (χ1v) is 2.19. The summed E-state index contributed by atoms with van der Waals surface area (Å²) in [6, 6.07) is 0. The second-order valence-electron chi connectivity index (χ2n) is 1.48. The minimum atomic E-state index is -4.63. The van der Waals surface area contributed by atoms with E-state index in [1.165, 1.54) is 0 Å². The van der Waals surface area contributed by atoms with Crippen LogP contribution in [0.15, 0.2) is 0 Å². The molecule has 0 fully saturated rings. The van der Waals surface area contributed by atoms with Gasteiger partial charge in [0.15, 0.2) is 6.10 Å². The van der Waals surface area contributed by atoms with Crippen LogP contribution in [0, 0.1) is 6.61 Å². The molecule has 2 N–H and O–H groups in total. The van der Waals surface area contributed by atoms with Crippen molar-refractivity contribution in [3.05, 3.63) is 6.61 Å².